The zero-order chi connectivity index (χ0) is 20.5. The number of hydrogen-bond donors (Lipinski definition) is 0. The molecule has 0 N–H and O–H groups in total. The van der Waals surface area contributed by atoms with Gasteiger partial charge >= 0.3 is 0 Å². The molecule has 1 saturated heterocycles. The minimum atomic E-state index is -3.50. The maximum Gasteiger partial charge on any atom is 0.243 e. The van der Waals surface area contributed by atoms with Crippen molar-refractivity contribution in [3.05, 3.63) is 29.3 Å². The van der Waals surface area contributed by atoms with E-state index in [9.17, 15) is 13.2 Å². The molecule has 0 unspecified atom stereocenters. The van der Waals surface area contributed by atoms with Crippen molar-refractivity contribution in [1.82, 2.24) is 9.21 Å². The van der Waals surface area contributed by atoms with Crippen LogP contribution in [0, 0.1) is 25.7 Å². The molecule has 5 nitrogen and oxygen atoms in total. The fourth-order valence-electron chi connectivity index (χ4n) is 4.67. The molecule has 1 aromatic carbocycles. The van der Waals surface area contributed by atoms with Crippen LogP contribution in [0.3, 0.4) is 0 Å². The maximum absolute atomic E-state index is 13.0. The largest absolute Gasteiger partial charge is 0.343 e. The van der Waals surface area contributed by atoms with Crippen molar-refractivity contribution in [2.24, 2.45) is 11.8 Å². The van der Waals surface area contributed by atoms with Crippen LogP contribution in [0.15, 0.2) is 23.1 Å². The Morgan fingerprint density at radius 3 is 2.21 bits per heavy atom. The second-order valence-corrected chi connectivity index (χ2v) is 10.7. The highest BCUT2D eigenvalue weighted by Crippen LogP contribution is 2.30. The van der Waals surface area contributed by atoms with E-state index in [1.807, 2.05) is 37.9 Å². The molecule has 2 aliphatic rings. The van der Waals surface area contributed by atoms with Crippen LogP contribution in [0.25, 0.3) is 0 Å². The van der Waals surface area contributed by atoms with Crippen LogP contribution in [-0.4, -0.2) is 49.7 Å². The van der Waals surface area contributed by atoms with Gasteiger partial charge in [-0.15, -0.1) is 0 Å². The van der Waals surface area contributed by atoms with Crippen molar-refractivity contribution in [3.63, 3.8) is 0 Å². The molecule has 28 heavy (non-hydrogen) atoms. The lowest BCUT2D eigenvalue weighted by atomic mass is 9.86. The Hall–Kier alpha value is -1.40. The third-order valence-corrected chi connectivity index (χ3v) is 8.69. The average molecular weight is 407 g/mol. The fourth-order valence-corrected chi connectivity index (χ4v) is 6.34. The van der Waals surface area contributed by atoms with Gasteiger partial charge in [-0.2, -0.15) is 4.31 Å². The predicted molar refractivity (Wildman–Crippen MR) is 112 cm³/mol. The van der Waals surface area contributed by atoms with Gasteiger partial charge < -0.3 is 4.90 Å². The number of rotatable bonds is 4. The number of hydrogen-bond acceptors (Lipinski definition) is 3. The molecule has 3 rings (SSSR count). The van der Waals surface area contributed by atoms with E-state index < -0.39 is 10.0 Å². The summed E-state index contributed by atoms with van der Waals surface area (Å²) in [6.07, 6.45) is 5.77. The van der Waals surface area contributed by atoms with E-state index in [0.717, 1.165) is 29.9 Å². The number of benzene rings is 1. The Morgan fingerprint density at radius 2 is 1.64 bits per heavy atom. The van der Waals surface area contributed by atoms with Gasteiger partial charge in [0, 0.05) is 32.1 Å². The molecule has 1 saturated carbocycles. The van der Waals surface area contributed by atoms with Gasteiger partial charge in [-0.25, -0.2) is 8.42 Å². The van der Waals surface area contributed by atoms with Gasteiger partial charge in [0.15, 0.2) is 0 Å². The molecule has 0 bridgehead atoms. The van der Waals surface area contributed by atoms with Crippen molar-refractivity contribution in [3.8, 4) is 0 Å². The Kier molecular flexibility index (Phi) is 6.50. The number of piperidine rings is 1. The number of carbonyl (C=O) groups excluding carboxylic acids is 1. The van der Waals surface area contributed by atoms with E-state index >= 15 is 0 Å². The van der Waals surface area contributed by atoms with E-state index in [0.29, 0.717) is 36.9 Å². The van der Waals surface area contributed by atoms with Gasteiger partial charge in [-0.1, -0.05) is 24.6 Å². The molecule has 0 spiro atoms. The van der Waals surface area contributed by atoms with Gasteiger partial charge in [-0.05, 0) is 69.9 Å². The Morgan fingerprint density at radius 1 is 1.04 bits per heavy atom. The molecule has 0 atom stereocenters. The smallest absolute Gasteiger partial charge is 0.243 e. The van der Waals surface area contributed by atoms with E-state index in [1.54, 1.807) is 10.4 Å². The van der Waals surface area contributed by atoms with E-state index in [1.165, 1.54) is 12.8 Å². The number of sulfonamides is 1. The number of nitrogens with zero attached hydrogens (tertiary/aromatic N) is 2. The highest BCUT2D eigenvalue weighted by Gasteiger charge is 2.35. The number of carbonyl (C=O) groups is 1. The van der Waals surface area contributed by atoms with Crippen LogP contribution in [-0.2, 0) is 14.8 Å². The molecule has 6 heteroatoms. The lowest BCUT2D eigenvalue weighted by Gasteiger charge is -2.37. The minimum absolute atomic E-state index is 0.0603. The SMILES string of the molecule is Cc1ccc(S(=O)(=O)N2CCC(C(=O)N(C)C3CCC(C)CC3)CC2)c(C)c1. The van der Waals surface area contributed by atoms with Crippen molar-refractivity contribution < 1.29 is 13.2 Å². The third-order valence-electron chi connectivity index (χ3n) is 6.63. The van der Waals surface area contributed by atoms with Crippen molar-refractivity contribution in [1.29, 1.82) is 0 Å². The molecular formula is C22H34N2O3S. The molecule has 1 aliphatic heterocycles. The summed E-state index contributed by atoms with van der Waals surface area (Å²) < 4.78 is 27.6. The first-order chi connectivity index (χ1) is 13.2. The molecule has 0 aromatic heterocycles. The lowest BCUT2D eigenvalue weighted by molar-refractivity contribution is -0.138. The second kappa shape index (κ2) is 8.54. The van der Waals surface area contributed by atoms with Crippen LogP contribution in [0.5, 0.6) is 0 Å². The molecule has 2 fully saturated rings. The Bertz CT molecular complexity index is 805. The minimum Gasteiger partial charge on any atom is -0.343 e. The molecule has 1 amide bonds. The quantitative estimate of drug-likeness (QED) is 0.765. The predicted octanol–water partition coefficient (Wildman–Crippen LogP) is 3.74. The maximum atomic E-state index is 13.0. The van der Waals surface area contributed by atoms with Crippen molar-refractivity contribution in [2.45, 2.75) is 70.2 Å². The van der Waals surface area contributed by atoms with E-state index in [4.69, 9.17) is 0 Å². The molecule has 0 radical (unpaired) electrons. The summed E-state index contributed by atoms with van der Waals surface area (Å²) in [7, 11) is -1.56. The second-order valence-electron chi connectivity index (χ2n) is 8.81. The Labute approximate surface area is 170 Å². The summed E-state index contributed by atoms with van der Waals surface area (Å²) in [5.41, 5.74) is 1.84. The van der Waals surface area contributed by atoms with Crippen LogP contribution in [0.1, 0.15) is 56.6 Å². The van der Waals surface area contributed by atoms with Gasteiger partial charge in [0.05, 0.1) is 4.90 Å². The Balaban J connectivity index is 1.61. The number of aryl methyl sites for hydroxylation is 2. The summed E-state index contributed by atoms with van der Waals surface area (Å²) >= 11 is 0. The highest BCUT2D eigenvalue weighted by molar-refractivity contribution is 7.89. The zero-order valence-corrected chi connectivity index (χ0v) is 18.5. The highest BCUT2D eigenvalue weighted by atomic mass is 32.2. The first-order valence-corrected chi connectivity index (χ1v) is 12.0. The molecule has 1 aliphatic carbocycles. The van der Waals surface area contributed by atoms with Crippen molar-refractivity contribution >= 4 is 15.9 Å². The lowest BCUT2D eigenvalue weighted by Crippen LogP contribution is -2.46. The van der Waals surface area contributed by atoms with Crippen LogP contribution >= 0.6 is 0 Å². The van der Waals surface area contributed by atoms with E-state index in [-0.39, 0.29) is 11.8 Å². The fraction of sp³-hybridized carbons (Fsp3) is 0.682. The summed E-state index contributed by atoms with van der Waals surface area (Å²) in [6, 6.07) is 5.80. The van der Waals surface area contributed by atoms with Gasteiger partial charge in [-0.3, -0.25) is 4.79 Å². The first kappa shape index (κ1) is 21.3. The normalized spacial score (nSPS) is 24.9. The van der Waals surface area contributed by atoms with Gasteiger partial charge in [0.2, 0.25) is 15.9 Å². The molecule has 156 valence electrons. The summed E-state index contributed by atoms with van der Waals surface area (Å²) in [5.74, 6) is 0.900. The number of amides is 1. The average Bonchev–Trinajstić information content (AvgIpc) is 2.67. The van der Waals surface area contributed by atoms with Crippen LogP contribution in [0.4, 0.5) is 0 Å². The molecule has 1 heterocycles. The first-order valence-electron chi connectivity index (χ1n) is 10.5. The molecular weight excluding hydrogens is 372 g/mol. The molecule has 1 aromatic rings. The van der Waals surface area contributed by atoms with Crippen LogP contribution in [0.2, 0.25) is 0 Å². The summed E-state index contributed by atoms with van der Waals surface area (Å²) in [6.45, 7) is 6.92. The van der Waals surface area contributed by atoms with Gasteiger partial charge in [0.25, 0.3) is 0 Å². The van der Waals surface area contributed by atoms with Crippen LogP contribution < -0.4 is 0 Å². The monoisotopic (exact) mass is 406 g/mol. The zero-order valence-electron chi connectivity index (χ0n) is 17.6. The topological polar surface area (TPSA) is 57.7 Å². The van der Waals surface area contributed by atoms with Crippen molar-refractivity contribution in [2.75, 3.05) is 20.1 Å². The summed E-state index contributed by atoms with van der Waals surface area (Å²) in [5, 5.41) is 0. The third kappa shape index (κ3) is 4.43. The van der Waals surface area contributed by atoms with Gasteiger partial charge in [0.1, 0.15) is 0 Å². The standard InChI is InChI=1S/C22H34N2O3S/c1-16-5-8-20(9-6-16)23(4)22(25)19-11-13-24(14-12-19)28(26,27)21-10-7-17(2)15-18(21)3/h7,10,15-16,19-20H,5-6,8-9,11-14H2,1-4H3. The summed E-state index contributed by atoms with van der Waals surface area (Å²) in [4.78, 5) is 15.3. The van der Waals surface area contributed by atoms with E-state index in [2.05, 4.69) is 6.92 Å².